The van der Waals surface area contributed by atoms with Crippen LogP contribution >= 0.6 is 0 Å². The lowest BCUT2D eigenvalue weighted by Gasteiger charge is -2.22. The average Bonchev–Trinajstić information content (AvgIpc) is 3.11. The van der Waals surface area contributed by atoms with E-state index in [1.54, 1.807) is 0 Å². The number of hydrogen-bond donors (Lipinski definition) is 2. The summed E-state index contributed by atoms with van der Waals surface area (Å²) in [5, 5.41) is 9.77. The summed E-state index contributed by atoms with van der Waals surface area (Å²) >= 11 is 0. The number of hydrogen-bond acceptors (Lipinski definition) is 4. The Morgan fingerprint density at radius 2 is 1.44 bits per heavy atom. The smallest absolute Gasteiger partial charge is 0.321 e. The maximum absolute atomic E-state index is 12.9. The van der Waals surface area contributed by atoms with Crippen LogP contribution in [0.3, 0.4) is 0 Å². The number of fused-ring (bicyclic) bond motifs is 3. The van der Waals surface area contributed by atoms with E-state index in [-0.39, 0.29) is 24.4 Å². The zero-order valence-corrected chi connectivity index (χ0v) is 19.8. The quantitative estimate of drug-likeness (QED) is 0.389. The highest BCUT2D eigenvalue weighted by Gasteiger charge is 2.36. The molecule has 0 bridgehead atoms. The zero-order valence-electron chi connectivity index (χ0n) is 19.8. The number of nitrogens with two attached hydrogens (primary N) is 1. The maximum Gasteiger partial charge on any atom is 0.321 e. The van der Waals surface area contributed by atoms with Crippen molar-refractivity contribution in [2.24, 2.45) is 11.7 Å². The van der Waals surface area contributed by atoms with Crippen LogP contribution in [0.5, 0.6) is 0 Å². The molecule has 5 nitrogen and oxygen atoms in total. The van der Waals surface area contributed by atoms with Crippen LogP contribution in [0.2, 0.25) is 0 Å². The van der Waals surface area contributed by atoms with Gasteiger partial charge < -0.3 is 15.6 Å². The van der Waals surface area contributed by atoms with Crippen molar-refractivity contribution < 1.29 is 19.4 Å². The lowest BCUT2D eigenvalue weighted by Crippen LogP contribution is -2.43. The van der Waals surface area contributed by atoms with Crippen LogP contribution in [0.15, 0.2) is 72.8 Å². The van der Waals surface area contributed by atoms with Gasteiger partial charge in [-0.25, -0.2) is 0 Å². The molecule has 0 saturated carbocycles. The van der Waals surface area contributed by atoms with E-state index in [0.717, 1.165) is 27.8 Å². The van der Waals surface area contributed by atoms with E-state index in [0.29, 0.717) is 0 Å². The molecule has 176 valence electrons. The number of benzene rings is 3. The minimum atomic E-state index is -1.44. The first-order chi connectivity index (χ1) is 16.2. The number of carboxylic acid groups (broad SMARTS) is 1. The molecule has 3 N–H and O–H groups in total. The third-order valence-corrected chi connectivity index (χ3v) is 6.59. The molecule has 0 spiro atoms. The zero-order chi connectivity index (χ0) is 24.5. The van der Waals surface area contributed by atoms with Gasteiger partial charge in [0.1, 0.15) is 6.61 Å². The minimum absolute atomic E-state index is 0.0194. The highest BCUT2D eigenvalue weighted by atomic mass is 16.5. The van der Waals surface area contributed by atoms with E-state index in [9.17, 15) is 14.7 Å². The topological polar surface area (TPSA) is 89.6 Å². The van der Waals surface area contributed by atoms with Crippen LogP contribution in [0.1, 0.15) is 48.9 Å². The predicted octanol–water partition coefficient (Wildman–Crippen LogP) is 4.91. The molecule has 0 heterocycles. The molecule has 0 saturated heterocycles. The number of ether oxygens (including phenoxy) is 1. The molecule has 3 aromatic carbocycles. The van der Waals surface area contributed by atoms with Gasteiger partial charge >= 0.3 is 11.9 Å². The van der Waals surface area contributed by atoms with Crippen LogP contribution < -0.4 is 5.73 Å². The van der Waals surface area contributed by atoms with Crippen LogP contribution in [0.4, 0.5) is 0 Å². The second kappa shape index (κ2) is 9.43. The first-order valence-electron chi connectivity index (χ1n) is 11.6. The predicted molar refractivity (Wildman–Crippen MR) is 133 cm³/mol. The summed E-state index contributed by atoms with van der Waals surface area (Å²) in [4.78, 5) is 24.9. The molecule has 34 heavy (non-hydrogen) atoms. The van der Waals surface area contributed by atoms with Gasteiger partial charge in [-0.2, -0.15) is 0 Å². The molecule has 0 aromatic heterocycles. The van der Waals surface area contributed by atoms with E-state index >= 15 is 0 Å². The van der Waals surface area contributed by atoms with Gasteiger partial charge in [0.2, 0.25) is 0 Å². The van der Waals surface area contributed by atoms with Crippen molar-refractivity contribution in [2.75, 3.05) is 6.61 Å². The molecule has 0 aliphatic heterocycles. The molecular weight excluding hydrogens is 426 g/mol. The fourth-order valence-electron chi connectivity index (χ4n) is 4.68. The Balaban J connectivity index is 1.46. The lowest BCUT2D eigenvalue weighted by atomic mass is 9.86. The van der Waals surface area contributed by atoms with E-state index in [2.05, 4.69) is 32.9 Å². The van der Waals surface area contributed by atoms with Gasteiger partial charge in [-0.05, 0) is 45.2 Å². The molecule has 0 amide bonds. The van der Waals surface area contributed by atoms with Gasteiger partial charge in [0.15, 0.2) is 5.92 Å². The normalized spacial score (nSPS) is 14.7. The van der Waals surface area contributed by atoms with Crippen LogP contribution in [-0.2, 0) is 26.2 Å². The van der Waals surface area contributed by atoms with Crippen molar-refractivity contribution in [2.45, 2.75) is 44.6 Å². The van der Waals surface area contributed by atoms with Gasteiger partial charge in [0.05, 0.1) is 0 Å². The Morgan fingerprint density at radius 1 is 0.912 bits per heavy atom. The second-order valence-corrected chi connectivity index (χ2v) is 9.99. The number of carbonyl (C=O) groups is 2. The van der Waals surface area contributed by atoms with E-state index < -0.39 is 23.9 Å². The Bertz CT molecular complexity index is 1150. The number of rotatable bonds is 7. The molecule has 5 heteroatoms. The van der Waals surface area contributed by atoms with Crippen LogP contribution in [-0.4, -0.2) is 29.7 Å². The molecule has 0 fully saturated rings. The summed E-state index contributed by atoms with van der Waals surface area (Å²) in [7, 11) is 0. The molecule has 3 aromatic rings. The monoisotopic (exact) mass is 457 g/mol. The van der Waals surface area contributed by atoms with Crippen molar-refractivity contribution in [1.29, 1.82) is 0 Å². The largest absolute Gasteiger partial charge is 0.481 e. The van der Waals surface area contributed by atoms with Crippen molar-refractivity contribution in [3.8, 4) is 11.1 Å². The Morgan fingerprint density at radius 3 is 1.94 bits per heavy atom. The molecule has 1 unspecified atom stereocenters. The van der Waals surface area contributed by atoms with Crippen LogP contribution in [0, 0.1) is 5.92 Å². The maximum atomic E-state index is 12.9. The summed E-state index contributed by atoms with van der Waals surface area (Å²) in [5.41, 5.74) is 12.7. The third-order valence-electron chi connectivity index (χ3n) is 6.59. The first kappa shape index (κ1) is 23.7. The van der Waals surface area contributed by atoms with E-state index in [4.69, 9.17) is 10.5 Å². The SMILES string of the molecule is CC(C)(C)c1ccc(CC(N)[C@@H](C(=O)O)C(=O)OCC2c3ccccc3-c3ccccc32)cc1. The van der Waals surface area contributed by atoms with E-state index in [1.807, 2.05) is 60.7 Å². The van der Waals surface area contributed by atoms with Crippen molar-refractivity contribution in [3.63, 3.8) is 0 Å². The second-order valence-electron chi connectivity index (χ2n) is 9.99. The summed E-state index contributed by atoms with van der Waals surface area (Å²) in [6.07, 6.45) is 0.269. The standard InChI is InChI=1S/C29H31NO4/c1-29(2,3)19-14-12-18(13-15-19)16-25(30)26(27(31)32)28(33)34-17-24-22-10-6-4-8-20(22)21-9-5-7-11-23(21)24/h4-15,24-26H,16-17,30H2,1-3H3,(H,31,32)/t25?,26-/m0/s1. The number of carboxylic acids is 1. The summed E-state index contributed by atoms with van der Waals surface area (Å²) in [6, 6.07) is 23.1. The number of esters is 1. The van der Waals surface area contributed by atoms with Crippen molar-refractivity contribution in [3.05, 3.63) is 95.1 Å². The van der Waals surface area contributed by atoms with Gasteiger partial charge in [-0.15, -0.1) is 0 Å². The Labute approximate surface area is 200 Å². The highest BCUT2D eigenvalue weighted by Crippen LogP contribution is 2.44. The van der Waals surface area contributed by atoms with Crippen molar-refractivity contribution in [1.82, 2.24) is 0 Å². The fraction of sp³-hybridized carbons (Fsp3) is 0.310. The molecule has 2 atom stereocenters. The minimum Gasteiger partial charge on any atom is -0.481 e. The summed E-state index contributed by atoms with van der Waals surface area (Å²) in [5.74, 6) is -3.63. The average molecular weight is 458 g/mol. The van der Waals surface area contributed by atoms with Gasteiger partial charge in [0, 0.05) is 12.0 Å². The number of aliphatic carboxylic acids is 1. The molecular formula is C29H31NO4. The first-order valence-corrected chi connectivity index (χ1v) is 11.6. The molecule has 0 radical (unpaired) electrons. The van der Waals surface area contributed by atoms with Gasteiger partial charge in [-0.1, -0.05) is 93.6 Å². The summed E-state index contributed by atoms with van der Waals surface area (Å²) < 4.78 is 5.59. The Kier molecular flexibility index (Phi) is 6.58. The van der Waals surface area contributed by atoms with Crippen molar-refractivity contribution >= 4 is 11.9 Å². The third kappa shape index (κ3) is 4.75. The molecule has 4 rings (SSSR count). The molecule has 1 aliphatic carbocycles. The summed E-state index contributed by atoms with van der Waals surface area (Å²) in [6.45, 7) is 6.46. The van der Waals surface area contributed by atoms with E-state index in [1.165, 1.54) is 5.56 Å². The van der Waals surface area contributed by atoms with Gasteiger partial charge in [-0.3, -0.25) is 9.59 Å². The fourth-order valence-corrected chi connectivity index (χ4v) is 4.68. The van der Waals surface area contributed by atoms with Gasteiger partial charge in [0.25, 0.3) is 0 Å². The number of carbonyl (C=O) groups excluding carboxylic acids is 1. The highest BCUT2D eigenvalue weighted by molar-refractivity contribution is 5.95. The van der Waals surface area contributed by atoms with Crippen LogP contribution in [0.25, 0.3) is 11.1 Å². The Hall–Kier alpha value is -3.44. The lowest BCUT2D eigenvalue weighted by molar-refractivity contribution is -0.159. The molecule has 1 aliphatic rings.